The van der Waals surface area contributed by atoms with Crippen LogP contribution < -0.4 is 4.72 Å². The molecule has 0 radical (unpaired) electrons. The van der Waals surface area contributed by atoms with Gasteiger partial charge in [0.2, 0.25) is 10.0 Å². The van der Waals surface area contributed by atoms with Gasteiger partial charge in [-0.3, -0.25) is 0 Å². The predicted octanol–water partition coefficient (Wildman–Crippen LogP) is 1.00. The lowest BCUT2D eigenvalue weighted by molar-refractivity contribution is 0.153. The van der Waals surface area contributed by atoms with Crippen molar-refractivity contribution < 1.29 is 13.2 Å². The van der Waals surface area contributed by atoms with Gasteiger partial charge in [-0.05, 0) is 19.1 Å². The molecule has 5 heteroatoms. The highest BCUT2D eigenvalue weighted by Crippen LogP contribution is 2.06. The van der Waals surface area contributed by atoms with Crippen LogP contribution in [-0.4, -0.2) is 28.2 Å². The van der Waals surface area contributed by atoms with Crippen molar-refractivity contribution in [1.82, 2.24) is 4.72 Å². The van der Waals surface area contributed by atoms with Crippen LogP contribution in [0.15, 0.2) is 35.2 Å². The van der Waals surface area contributed by atoms with Gasteiger partial charge in [-0.25, -0.2) is 13.1 Å². The van der Waals surface area contributed by atoms with Gasteiger partial charge in [-0.15, -0.1) is 0 Å². The third-order valence-corrected chi connectivity index (χ3v) is 3.27. The minimum absolute atomic E-state index is 0.279. The van der Waals surface area contributed by atoms with E-state index in [1.807, 2.05) is 6.92 Å². The van der Waals surface area contributed by atoms with E-state index in [0.29, 0.717) is 19.8 Å². The Hall–Kier alpha value is -0.910. The van der Waals surface area contributed by atoms with Crippen molar-refractivity contribution in [1.29, 1.82) is 0 Å². The summed E-state index contributed by atoms with van der Waals surface area (Å²) in [6.07, 6.45) is 0. The Morgan fingerprint density at radius 1 is 1.27 bits per heavy atom. The Balaban J connectivity index is 2.53. The highest BCUT2D eigenvalue weighted by atomic mass is 32.2. The van der Waals surface area contributed by atoms with Gasteiger partial charge in [0.15, 0.2) is 0 Å². The highest BCUT2D eigenvalue weighted by Gasteiger charge is 2.11. The molecule has 0 fully saturated rings. The molecule has 0 atom stereocenters. The van der Waals surface area contributed by atoms with Gasteiger partial charge in [0, 0.05) is 13.2 Å². The van der Waals surface area contributed by atoms with Crippen molar-refractivity contribution in [3.63, 3.8) is 0 Å². The third-order valence-electron chi connectivity index (χ3n) is 1.80. The third kappa shape index (κ3) is 3.99. The van der Waals surface area contributed by atoms with E-state index in [9.17, 15) is 8.42 Å². The number of nitrogens with one attached hydrogen (secondary N) is 1. The molecule has 0 heterocycles. The Morgan fingerprint density at radius 3 is 2.53 bits per heavy atom. The van der Waals surface area contributed by atoms with Crippen LogP contribution in [0.2, 0.25) is 0 Å². The molecule has 0 saturated heterocycles. The average Bonchev–Trinajstić information content (AvgIpc) is 2.26. The molecule has 1 aromatic rings. The maximum atomic E-state index is 11.6. The van der Waals surface area contributed by atoms with Gasteiger partial charge < -0.3 is 4.74 Å². The predicted molar refractivity (Wildman–Crippen MR) is 58.1 cm³/mol. The van der Waals surface area contributed by atoms with Crippen LogP contribution in [0.4, 0.5) is 0 Å². The van der Waals surface area contributed by atoms with Gasteiger partial charge in [-0.1, -0.05) is 18.2 Å². The van der Waals surface area contributed by atoms with Crippen LogP contribution in [0.25, 0.3) is 0 Å². The van der Waals surface area contributed by atoms with Crippen LogP contribution in [0, 0.1) is 0 Å². The largest absolute Gasteiger partial charge is 0.380 e. The molecule has 0 aliphatic heterocycles. The van der Waals surface area contributed by atoms with E-state index in [-0.39, 0.29) is 4.90 Å². The topological polar surface area (TPSA) is 55.4 Å². The van der Waals surface area contributed by atoms with Crippen molar-refractivity contribution >= 4 is 10.0 Å². The van der Waals surface area contributed by atoms with E-state index >= 15 is 0 Å². The minimum atomic E-state index is -3.37. The summed E-state index contributed by atoms with van der Waals surface area (Å²) >= 11 is 0. The molecule has 4 nitrogen and oxygen atoms in total. The maximum absolute atomic E-state index is 11.6. The van der Waals surface area contributed by atoms with Crippen molar-refractivity contribution in [3.05, 3.63) is 30.3 Å². The lowest BCUT2D eigenvalue weighted by atomic mass is 10.4. The summed E-state index contributed by atoms with van der Waals surface area (Å²) in [5.74, 6) is 0. The summed E-state index contributed by atoms with van der Waals surface area (Å²) < 4.78 is 30.8. The second-order valence-corrected chi connectivity index (χ2v) is 4.67. The van der Waals surface area contributed by atoms with Crippen LogP contribution in [-0.2, 0) is 14.8 Å². The van der Waals surface area contributed by atoms with Gasteiger partial charge in [-0.2, -0.15) is 0 Å². The molecule has 0 aliphatic rings. The average molecular weight is 229 g/mol. The summed E-state index contributed by atoms with van der Waals surface area (Å²) in [5.41, 5.74) is 0. The van der Waals surface area contributed by atoms with Crippen molar-refractivity contribution in [3.8, 4) is 0 Å². The first-order valence-corrected chi connectivity index (χ1v) is 6.27. The van der Waals surface area contributed by atoms with Crippen LogP contribution in [0.5, 0.6) is 0 Å². The molecule has 0 bridgehead atoms. The normalized spacial score (nSPS) is 11.5. The van der Waals surface area contributed by atoms with Crippen LogP contribution in [0.1, 0.15) is 6.92 Å². The summed E-state index contributed by atoms with van der Waals surface area (Å²) in [4.78, 5) is 0.279. The quantitative estimate of drug-likeness (QED) is 0.740. The van der Waals surface area contributed by atoms with Crippen molar-refractivity contribution in [2.24, 2.45) is 0 Å². The Morgan fingerprint density at radius 2 is 1.93 bits per heavy atom. The van der Waals surface area contributed by atoms with Crippen LogP contribution >= 0.6 is 0 Å². The molecular weight excluding hydrogens is 214 g/mol. The monoisotopic (exact) mass is 229 g/mol. The standard InChI is InChI=1S/C10H15NO3S/c1-2-14-9-8-11-15(12,13)10-6-4-3-5-7-10/h3-7,11H,2,8-9H2,1H3. The van der Waals surface area contributed by atoms with E-state index in [2.05, 4.69) is 4.72 Å². The van der Waals surface area contributed by atoms with Crippen LogP contribution in [0.3, 0.4) is 0 Å². The fourth-order valence-electron chi connectivity index (χ4n) is 1.08. The number of benzene rings is 1. The fourth-order valence-corrected chi connectivity index (χ4v) is 2.11. The summed E-state index contributed by atoms with van der Waals surface area (Å²) in [6.45, 7) is 3.15. The lowest BCUT2D eigenvalue weighted by Gasteiger charge is -2.06. The summed E-state index contributed by atoms with van der Waals surface area (Å²) in [5, 5.41) is 0. The van der Waals surface area contributed by atoms with E-state index in [4.69, 9.17) is 4.74 Å². The summed E-state index contributed by atoms with van der Waals surface area (Å²) in [7, 11) is -3.37. The zero-order valence-corrected chi connectivity index (χ0v) is 9.46. The second-order valence-electron chi connectivity index (χ2n) is 2.91. The van der Waals surface area contributed by atoms with Gasteiger partial charge >= 0.3 is 0 Å². The molecule has 0 spiro atoms. The molecule has 1 N–H and O–H groups in total. The molecule has 0 saturated carbocycles. The molecule has 15 heavy (non-hydrogen) atoms. The number of rotatable bonds is 6. The first-order valence-electron chi connectivity index (χ1n) is 4.79. The first kappa shape index (κ1) is 12.2. The number of hydrogen-bond donors (Lipinski definition) is 1. The molecule has 0 amide bonds. The van der Waals surface area contributed by atoms with Crippen molar-refractivity contribution in [2.75, 3.05) is 19.8 Å². The molecule has 1 rings (SSSR count). The molecule has 0 unspecified atom stereocenters. The number of ether oxygens (including phenoxy) is 1. The highest BCUT2D eigenvalue weighted by molar-refractivity contribution is 7.89. The molecule has 0 aromatic heterocycles. The van der Waals surface area contributed by atoms with E-state index in [0.717, 1.165) is 0 Å². The fraction of sp³-hybridized carbons (Fsp3) is 0.400. The molecule has 1 aromatic carbocycles. The van der Waals surface area contributed by atoms with Gasteiger partial charge in [0.05, 0.1) is 11.5 Å². The molecule has 0 aliphatic carbocycles. The first-order chi connectivity index (χ1) is 7.17. The lowest BCUT2D eigenvalue weighted by Crippen LogP contribution is -2.27. The SMILES string of the molecule is CCOCCNS(=O)(=O)c1ccccc1. The van der Waals surface area contributed by atoms with E-state index < -0.39 is 10.0 Å². The Kier molecular flexibility index (Phi) is 4.74. The molecule has 84 valence electrons. The second kappa shape index (κ2) is 5.85. The number of hydrogen-bond acceptors (Lipinski definition) is 3. The maximum Gasteiger partial charge on any atom is 0.240 e. The van der Waals surface area contributed by atoms with Gasteiger partial charge in [0.1, 0.15) is 0 Å². The van der Waals surface area contributed by atoms with E-state index in [1.54, 1.807) is 30.3 Å². The zero-order valence-electron chi connectivity index (χ0n) is 8.64. The smallest absolute Gasteiger partial charge is 0.240 e. The van der Waals surface area contributed by atoms with Gasteiger partial charge in [0.25, 0.3) is 0 Å². The zero-order chi connectivity index (χ0) is 11.1. The van der Waals surface area contributed by atoms with Crippen molar-refractivity contribution in [2.45, 2.75) is 11.8 Å². The molecular formula is C10H15NO3S. The minimum Gasteiger partial charge on any atom is -0.380 e. The summed E-state index contributed by atoms with van der Waals surface area (Å²) in [6, 6.07) is 8.28. The Labute approximate surface area is 90.3 Å². The Bertz CT molecular complexity index is 375. The number of sulfonamides is 1. The van der Waals surface area contributed by atoms with E-state index in [1.165, 1.54) is 0 Å².